The van der Waals surface area contributed by atoms with Crippen molar-refractivity contribution in [3.63, 3.8) is 0 Å². The molecule has 2 fully saturated rings. The van der Waals surface area contributed by atoms with E-state index >= 15 is 0 Å². The second-order valence-electron chi connectivity index (χ2n) is 9.92. The van der Waals surface area contributed by atoms with Gasteiger partial charge < -0.3 is 24.3 Å². The lowest BCUT2D eigenvalue weighted by Crippen LogP contribution is -2.60. The van der Waals surface area contributed by atoms with Crippen LogP contribution in [0.2, 0.25) is 0 Å². The minimum absolute atomic E-state index is 0.0580. The van der Waals surface area contributed by atoms with Gasteiger partial charge in [-0.2, -0.15) is 0 Å². The van der Waals surface area contributed by atoms with Crippen molar-refractivity contribution in [1.82, 2.24) is 5.32 Å². The van der Waals surface area contributed by atoms with Gasteiger partial charge in [0, 0.05) is 18.9 Å². The van der Waals surface area contributed by atoms with E-state index < -0.39 is 17.5 Å². The van der Waals surface area contributed by atoms with Gasteiger partial charge in [0.2, 0.25) is 0 Å². The summed E-state index contributed by atoms with van der Waals surface area (Å²) in [5, 5.41) is 3.02. The molecule has 34 heavy (non-hydrogen) atoms. The number of rotatable bonds is 8. The molecular weight excluding hydrogens is 437 g/mol. The molecule has 7 heteroatoms. The Kier molecular flexibility index (Phi) is 7.38. The van der Waals surface area contributed by atoms with Gasteiger partial charge >= 0.3 is 0 Å². The zero-order valence-corrected chi connectivity index (χ0v) is 20.3. The van der Waals surface area contributed by atoms with E-state index in [1.54, 1.807) is 12.1 Å². The number of fused-ring (bicyclic) bond motifs is 1. The Morgan fingerprint density at radius 1 is 1.03 bits per heavy atom. The van der Waals surface area contributed by atoms with E-state index in [4.69, 9.17) is 18.9 Å². The third-order valence-corrected chi connectivity index (χ3v) is 6.22. The second-order valence-corrected chi connectivity index (χ2v) is 9.92. The predicted octanol–water partition coefficient (Wildman–Crippen LogP) is 4.51. The highest BCUT2D eigenvalue weighted by molar-refractivity contribution is 5.85. The van der Waals surface area contributed by atoms with Crippen LogP contribution < -0.4 is 5.32 Å². The predicted molar refractivity (Wildman–Crippen MR) is 125 cm³/mol. The summed E-state index contributed by atoms with van der Waals surface area (Å²) >= 11 is 0. The number of benzene rings is 2. The van der Waals surface area contributed by atoms with Crippen LogP contribution in [0.4, 0.5) is 4.39 Å². The maximum Gasteiger partial charge on any atom is 0.252 e. The average Bonchev–Trinajstić information content (AvgIpc) is 3.11. The monoisotopic (exact) mass is 471 g/mol. The molecule has 0 spiro atoms. The fourth-order valence-corrected chi connectivity index (χ4v) is 4.68. The van der Waals surface area contributed by atoms with Crippen molar-refractivity contribution >= 4 is 5.91 Å². The first kappa shape index (κ1) is 24.8. The number of hydrogen-bond acceptors (Lipinski definition) is 5. The van der Waals surface area contributed by atoms with Crippen molar-refractivity contribution in [3.8, 4) is 0 Å². The molecule has 2 aromatic rings. The molecule has 1 heterocycles. The van der Waals surface area contributed by atoms with Crippen LogP contribution in [0.25, 0.3) is 0 Å². The Morgan fingerprint density at radius 3 is 2.38 bits per heavy atom. The first-order chi connectivity index (χ1) is 16.2. The number of amides is 1. The molecular formula is C27H34FNO5. The molecule has 0 bridgehead atoms. The quantitative estimate of drug-likeness (QED) is 0.614. The van der Waals surface area contributed by atoms with Crippen molar-refractivity contribution in [2.75, 3.05) is 0 Å². The summed E-state index contributed by atoms with van der Waals surface area (Å²) in [5.41, 5.74) is 0.642. The maximum atomic E-state index is 13.5. The van der Waals surface area contributed by atoms with Crippen molar-refractivity contribution < 1.29 is 28.1 Å². The molecule has 4 rings (SSSR count). The van der Waals surface area contributed by atoms with Gasteiger partial charge in [0.05, 0.1) is 25.4 Å². The molecule has 1 aliphatic carbocycles. The Morgan fingerprint density at radius 2 is 1.71 bits per heavy atom. The number of halogens is 1. The molecule has 0 unspecified atom stereocenters. The summed E-state index contributed by atoms with van der Waals surface area (Å²) in [6.45, 7) is 8.12. The van der Waals surface area contributed by atoms with Crippen molar-refractivity contribution in [2.24, 2.45) is 0 Å². The van der Waals surface area contributed by atoms with Crippen LogP contribution in [0.1, 0.15) is 51.7 Å². The molecule has 184 valence electrons. The van der Waals surface area contributed by atoms with E-state index in [0.29, 0.717) is 19.4 Å². The molecule has 1 amide bonds. The SMILES string of the molecule is CC(C)NC(=O)[C@@]1(OCc2ccc(F)cc2)C[C@@H](OCc2ccccc2)[C@@H]2OC(C)(C)O[C@@H]2C1. The molecule has 0 radical (unpaired) electrons. The van der Waals surface area contributed by atoms with Crippen LogP contribution in [0.5, 0.6) is 0 Å². The third-order valence-electron chi connectivity index (χ3n) is 6.22. The van der Waals surface area contributed by atoms with E-state index in [1.807, 2.05) is 58.0 Å². The highest BCUT2D eigenvalue weighted by Crippen LogP contribution is 2.44. The maximum absolute atomic E-state index is 13.5. The van der Waals surface area contributed by atoms with Crippen molar-refractivity contribution in [1.29, 1.82) is 0 Å². The molecule has 1 saturated carbocycles. The molecule has 4 atom stereocenters. The van der Waals surface area contributed by atoms with Gasteiger partial charge in [-0.3, -0.25) is 4.79 Å². The minimum Gasteiger partial charge on any atom is -0.371 e. The van der Waals surface area contributed by atoms with Gasteiger partial charge in [0.15, 0.2) is 11.4 Å². The van der Waals surface area contributed by atoms with Gasteiger partial charge in [-0.15, -0.1) is 0 Å². The molecule has 2 aliphatic rings. The Labute approximate surface area is 200 Å². The zero-order valence-electron chi connectivity index (χ0n) is 20.3. The lowest BCUT2D eigenvalue weighted by Gasteiger charge is -2.43. The smallest absolute Gasteiger partial charge is 0.252 e. The van der Waals surface area contributed by atoms with Crippen LogP contribution in [0.15, 0.2) is 54.6 Å². The van der Waals surface area contributed by atoms with E-state index in [0.717, 1.165) is 11.1 Å². The van der Waals surface area contributed by atoms with E-state index in [9.17, 15) is 9.18 Å². The zero-order chi connectivity index (χ0) is 24.3. The summed E-state index contributed by atoms with van der Waals surface area (Å²) in [5.74, 6) is -1.31. The van der Waals surface area contributed by atoms with Gasteiger partial charge in [0.1, 0.15) is 11.9 Å². The van der Waals surface area contributed by atoms with Gasteiger partial charge in [-0.25, -0.2) is 4.39 Å². The Hall–Kier alpha value is -2.32. The fourth-order valence-electron chi connectivity index (χ4n) is 4.68. The highest BCUT2D eigenvalue weighted by Gasteiger charge is 2.58. The molecule has 2 aromatic carbocycles. The normalized spacial score (nSPS) is 28.0. The first-order valence-corrected chi connectivity index (χ1v) is 11.9. The number of nitrogens with one attached hydrogen (secondary N) is 1. The Balaban J connectivity index is 1.60. The summed E-state index contributed by atoms with van der Waals surface area (Å²) in [6.07, 6.45) is -0.428. The topological polar surface area (TPSA) is 66.0 Å². The van der Waals surface area contributed by atoms with Crippen LogP contribution in [-0.2, 0) is 37.0 Å². The van der Waals surface area contributed by atoms with Crippen LogP contribution in [-0.4, -0.2) is 41.6 Å². The Bertz CT molecular complexity index is 965. The number of hydrogen-bond donors (Lipinski definition) is 1. The summed E-state index contributed by atoms with van der Waals surface area (Å²) in [7, 11) is 0. The van der Waals surface area contributed by atoms with Crippen molar-refractivity contribution in [2.45, 2.75) is 89.5 Å². The second kappa shape index (κ2) is 10.1. The van der Waals surface area contributed by atoms with Gasteiger partial charge in [0.25, 0.3) is 5.91 Å². The number of ether oxygens (including phenoxy) is 4. The van der Waals surface area contributed by atoms with E-state index in [-0.39, 0.29) is 36.6 Å². The molecule has 1 N–H and O–H groups in total. The number of carbonyl (C=O) groups excluding carboxylic acids is 1. The summed E-state index contributed by atoms with van der Waals surface area (Å²) in [6, 6.07) is 15.9. The number of carbonyl (C=O) groups is 1. The standard InChI is InChI=1S/C27H34FNO5/c1-18(2)29-25(30)27(32-17-20-10-12-21(28)13-11-20)14-22(31-16-19-8-6-5-7-9-19)24-23(15-27)33-26(3,4)34-24/h5-13,18,22-24H,14-17H2,1-4H3,(H,29,30)/t22-,23-,24+,27-/m1/s1. The third kappa shape index (κ3) is 5.84. The summed E-state index contributed by atoms with van der Waals surface area (Å²) in [4.78, 5) is 13.5. The van der Waals surface area contributed by atoms with Crippen LogP contribution >= 0.6 is 0 Å². The minimum atomic E-state index is -1.18. The average molecular weight is 472 g/mol. The summed E-state index contributed by atoms with van der Waals surface area (Å²) < 4.78 is 38.5. The lowest BCUT2D eigenvalue weighted by atomic mass is 9.78. The van der Waals surface area contributed by atoms with E-state index in [1.165, 1.54) is 12.1 Å². The molecule has 6 nitrogen and oxygen atoms in total. The van der Waals surface area contributed by atoms with Crippen LogP contribution in [0.3, 0.4) is 0 Å². The van der Waals surface area contributed by atoms with E-state index in [2.05, 4.69) is 5.32 Å². The first-order valence-electron chi connectivity index (χ1n) is 11.9. The van der Waals surface area contributed by atoms with Gasteiger partial charge in [-0.05, 0) is 51.0 Å². The lowest BCUT2D eigenvalue weighted by molar-refractivity contribution is -0.183. The highest BCUT2D eigenvalue weighted by atomic mass is 19.1. The van der Waals surface area contributed by atoms with Gasteiger partial charge in [-0.1, -0.05) is 42.5 Å². The molecule has 1 aliphatic heterocycles. The van der Waals surface area contributed by atoms with Crippen molar-refractivity contribution in [3.05, 3.63) is 71.5 Å². The molecule has 0 aromatic heterocycles. The fraction of sp³-hybridized carbons (Fsp3) is 0.519. The van der Waals surface area contributed by atoms with Crippen LogP contribution in [0, 0.1) is 5.82 Å². The largest absolute Gasteiger partial charge is 0.371 e. The molecule has 1 saturated heterocycles.